The Bertz CT molecular complexity index is 1120. The Kier molecular flexibility index (Phi) is 6.96. The van der Waals surface area contributed by atoms with Gasteiger partial charge in [0, 0.05) is 13.7 Å². The summed E-state index contributed by atoms with van der Waals surface area (Å²) in [5.74, 6) is 1.70. The van der Waals surface area contributed by atoms with Crippen molar-refractivity contribution in [2.75, 3.05) is 42.2 Å². The Labute approximate surface area is 178 Å². The fourth-order valence-corrected chi connectivity index (χ4v) is 4.30. The van der Waals surface area contributed by atoms with Crippen LogP contribution in [0, 0.1) is 0 Å². The van der Waals surface area contributed by atoms with Crippen molar-refractivity contribution in [2.45, 2.75) is 6.54 Å². The number of carbonyl (C=O) groups excluding carboxylic acids is 1. The van der Waals surface area contributed by atoms with Crippen molar-refractivity contribution in [1.29, 1.82) is 0 Å². The lowest BCUT2D eigenvalue weighted by Crippen LogP contribution is -2.19. The molecule has 3 rings (SSSR count). The molecule has 0 saturated carbocycles. The molecule has 0 unspecified atom stereocenters. The summed E-state index contributed by atoms with van der Waals surface area (Å²) in [7, 11) is 7.83. The van der Waals surface area contributed by atoms with Gasteiger partial charge in [0.1, 0.15) is 21.7 Å². The number of hydrogen-bond acceptors (Lipinski definition) is 7. The van der Waals surface area contributed by atoms with Crippen molar-refractivity contribution in [1.82, 2.24) is 4.57 Å². The number of carbonyl (C=O) groups is 1. The van der Waals surface area contributed by atoms with Crippen LogP contribution in [-0.4, -0.2) is 52.6 Å². The van der Waals surface area contributed by atoms with E-state index in [1.54, 1.807) is 39.5 Å². The summed E-state index contributed by atoms with van der Waals surface area (Å²) in [5.41, 5.74) is 1.11. The van der Waals surface area contributed by atoms with E-state index in [2.05, 4.69) is 4.99 Å². The van der Waals surface area contributed by atoms with Crippen LogP contribution in [0.1, 0.15) is 10.4 Å². The molecule has 0 spiro atoms. The zero-order valence-corrected chi connectivity index (χ0v) is 18.4. The van der Waals surface area contributed by atoms with Gasteiger partial charge < -0.3 is 28.3 Å². The molecular formula is C21H24N2O6S. The smallest absolute Gasteiger partial charge is 0.283 e. The molecule has 160 valence electrons. The predicted octanol–water partition coefficient (Wildman–Crippen LogP) is 3.12. The summed E-state index contributed by atoms with van der Waals surface area (Å²) >= 11 is 1.34. The third kappa shape index (κ3) is 3.99. The van der Waals surface area contributed by atoms with Gasteiger partial charge in [-0.1, -0.05) is 17.4 Å². The van der Waals surface area contributed by atoms with Gasteiger partial charge in [-0.3, -0.25) is 4.79 Å². The van der Waals surface area contributed by atoms with Gasteiger partial charge in [0.25, 0.3) is 5.91 Å². The second-order valence-corrected chi connectivity index (χ2v) is 7.11. The Morgan fingerprint density at radius 3 is 2.27 bits per heavy atom. The topological polar surface area (TPSA) is 80.5 Å². The van der Waals surface area contributed by atoms with Crippen molar-refractivity contribution in [3.63, 3.8) is 0 Å². The molecular weight excluding hydrogens is 408 g/mol. The van der Waals surface area contributed by atoms with Crippen LogP contribution in [0.3, 0.4) is 0 Å². The van der Waals surface area contributed by atoms with Gasteiger partial charge in [0.05, 0.1) is 40.6 Å². The minimum atomic E-state index is -0.443. The van der Waals surface area contributed by atoms with Crippen LogP contribution in [0.5, 0.6) is 23.0 Å². The lowest BCUT2D eigenvalue weighted by Gasteiger charge is -2.10. The van der Waals surface area contributed by atoms with Crippen LogP contribution in [0.4, 0.5) is 0 Å². The van der Waals surface area contributed by atoms with E-state index in [-0.39, 0.29) is 0 Å². The first kappa shape index (κ1) is 21.7. The summed E-state index contributed by atoms with van der Waals surface area (Å²) in [6.07, 6.45) is 0. The third-order valence-corrected chi connectivity index (χ3v) is 5.63. The molecule has 30 heavy (non-hydrogen) atoms. The molecule has 0 fully saturated rings. The number of para-hydroxylation sites is 1. The minimum Gasteiger partial charge on any atom is -0.495 e. The fraction of sp³-hybridized carbons (Fsp3) is 0.333. The SMILES string of the molecule is COCCn1c(=NC(=O)c2cccc(OC)c2OC)sc2c(OC)ccc(OC)c21. The van der Waals surface area contributed by atoms with Crippen LogP contribution in [0.25, 0.3) is 10.2 Å². The highest BCUT2D eigenvalue weighted by Gasteiger charge is 2.19. The summed E-state index contributed by atoms with van der Waals surface area (Å²) in [6, 6.07) is 8.76. The van der Waals surface area contributed by atoms with Gasteiger partial charge in [0.2, 0.25) is 0 Å². The van der Waals surface area contributed by atoms with Crippen LogP contribution in [0.15, 0.2) is 35.3 Å². The fourth-order valence-electron chi connectivity index (χ4n) is 3.13. The normalized spacial score (nSPS) is 11.6. The number of rotatable bonds is 8. The first-order valence-electron chi connectivity index (χ1n) is 9.12. The lowest BCUT2D eigenvalue weighted by molar-refractivity contribution is 0.0993. The van der Waals surface area contributed by atoms with Crippen LogP contribution in [-0.2, 0) is 11.3 Å². The number of benzene rings is 2. The average molecular weight is 432 g/mol. The number of nitrogens with zero attached hydrogens (tertiary/aromatic N) is 2. The second-order valence-electron chi connectivity index (χ2n) is 6.13. The molecule has 0 N–H and O–H groups in total. The van der Waals surface area contributed by atoms with Gasteiger partial charge in [-0.25, -0.2) is 0 Å². The molecule has 0 aliphatic carbocycles. The molecule has 1 aromatic heterocycles. The van der Waals surface area contributed by atoms with E-state index in [0.29, 0.717) is 46.5 Å². The summed E-state index contributed by atoms with van der Waals surface area (Å²) in [6.45, 7) is 0.928. The van der Waals surface area contributed by atoms with E-state index in [1.807, 2.05) is 16.7 Å². The van der Waals surface area contributed by atoms with Gasteiger partial charge in [-0.2, -0.15) is 4.99 Å². The molecule has 0 aliphatic rings. The Morgan fingerprint density at radius 2 is 1.63 bits per heavy atom. The van der Waals surface area contributed by atoms with E-state index in [1.165, 1.54) is 25.6 Å². The first-order chi connectivity index (χ1) is 14.6. The third-order valence-electron chi connectivity index (χ3n) is 4.54. The van der Waals surface area contributed by atoms with E-state index in [4.69, 9.17) is 23.7 Å². The quantitative estimate of drug-likeness (QED) is 0.544. The van der Waals surface area contributed by atoms with Gasteiger partial charge in [-0.15, -0.1) is 0 Å². The van der Waals surface area contributed by atoms with Gasteiger partial charge in [0.15, 0.2) is 16.3 Å². The number of thiazole rings is 1. The zero-order valence-electron chi connectivity index (χ0n) is 17.6. The number of hydrogen-bond donors (Lipinski definition) is 0. The first-order valence-corrected chi connectivity index (χ1v) is 9.94. The summed E-state index contributed by atoms with van der Waals surface area (Å²) in [5, 5.41) is 0. The largest absolute Gasteiger partial charge is 0.495 e. The van der Waals surface area contributed by atoms with Crippen molar-refractivity contribution < 1.29 is 28.5 Å². The Morgan fingerprint density at radius 1 is 0.933 bits per heavy atom. The molecule has 0 aliphatic heterocycles. The maximum absolute atomic E-state index is 13.1. The van der Waals surface area contributed by atoms with Crippen molar-refractivity contribution >= 4 is 27.5 Å². The Balaban J connectivity index is 2.24. The molecule has 0 bridgehead atoms. The van der Waals surface area contributed by atoms with Crippen molar-refractivity contribution in [3.8, 4) is 23.0 Å². The molecule has 1 amide bonds. The summed E-state index contributed by atoms with van der Waals surface area (Å²) < 4.78 is 29.7. The Hall–Kier alpha value is -3.04. The lowest BCUT2D eigenvalue weighted by atomic mass is 10.2. The predicted molar refractivity (Wildman–Crippen MR) is 114 cm³/mol. The molecule has 0 atom stereocenters. The minimum absolute atomic E-state index is 0.312. The van der Waals surface area contributed by atoms with E-state index in [0.717, 1.165) is 10.2 Å². The van der Waals surface area contributed by atoms with Gasteiger partial charge in [-0.05, 0) is 24.3 Å². The van der Waals surface area contributed by atoms with Crippen molar-refractivity contribution in [2.24, 2.45) is 4.99 Å². The second kappa shape index (κ2) is 9.64. The number of aromatic nitrogens is 1. The highest BCUT2D eigenvalue weighted by molar-refractivity contribution is 7.16. The summed E-state index contributed by atoms with van der Waals surface area (Å²) in [4.78, 5) is 18.0. The monoisotopic (exact) mass is 432 g/mol. The van der Waals surface area contributed by atoms with E-state index in [9.17, 15) is 4.79 Å². The molecule has 8 nitrogen and oxygen atoms in total. The molecule has 1 heterocycles. The zero-order chi connectivity index (χ0) is 21.7. The number of methoxy groups -OCH3 is 5. The molecule has 0 saturated heterocycles. The molecule has 3 aromatic rings. The number of ether oxygens (including phenoxy) is 5. The number of fused-ring (bicyclic) bond motifs is 1. The van der Waals surface area contributed by atoms with Crippen LogP contribution in [0.2, 0.25) is 0 Å². The molecule has 0 radical (unpaired) electrons. The molecule has 2 aromatic carbocycles. The van der Waals surface area contributed by atoms with Crippen LogP contribution < -0.4 is 23.7 Å². The van der Waals surface area contributed by atoms with E-state index < -0.39 is 5.91 Å². The highest BCUT2D eigenvalue weighted by atomic mass is 32.1. The number of amides is 1. The molecule has 9 heteroatoms. The van der Waals surface area contributed by atoms with E-state index >= 15 is 0 Å². The van der Waals surface area contributed by atoms with Crippen molar-refractivity contribution in [3.05, 3.63) is 40.7 Å². The van der Waals surface area contributed by atoms with Gasteiger partial charge >= 0.3 is 0 Å². The standard InChI is InChI=1S/C21H24N2O6S/c1-25-12-11-23-17-14(26-2)9-10-16(28-4)19(17)30-21(23)22-20(24)13-7-6-8-15(27-3)18(13)29-5/h6-10H,11-12H2,1-5H3. The maximum atomic E-state index is 13.1. The highest BCUT2D eigenvalue weighted by Crippen LogP contribution is 2.35. The maximum Gasteiger partial charge on any atom is 0.283 e. The van der Waals surface area contributed by atoms with Crippen LogP contribution >= 0.6 is 11.3 Å². The average Bonchev–Trinajstić information content (AvgIpc) is 3.14.